The van der Waals surface area contributed by atoms with Crippen LogP contribution in [0, 0.1) is 6.92 Å². The smallest absolute Gasteiger partial charge is 0.305 e. The highest BCUT2D eigenvalue weighted by Crippen LogP contribution is 2.13. The Morgan fingerprint density at radius 2 is 2.00 bits per heavy atom. The summed E-state index contributed by atoms with van der Waals surface area (Å²) in [6.45, 7) is 4.04. The molecule has 0 saturated heterocycles. The van der Waals surface area contributed by atoms with E-state index in [1.54, 1.807) is 38.1 Å². The first-order chi connectivity index (χ1) is 8.97. The number of aryl methyl sites for hydroxylation is 1. The minimum Gasteiger partial charge on any atom is -0.466 e. The summed E-state index contributed by atoms with van der Waals surface area (Å²) < 4.78 is 31.2. The monoisotopic (exact) mass is 285 g/mol. The molecule has 0 aliphatic heterocycles. The number of carbonyl (C=O) groups is 1. The lowest BCUT2D eigenvalue weighted by Gasteiger charge is -2.08. The van der Waals surface area contributed by atoms with Crippen LogP contribution in [-0.4, -0.2) is 27.5 Å². The lowest BCUT2D eigenvalue weighted by Crippen LogP contribution is -2.26. The van der Waals surface area contributed by atoms with E-state index in [9.17, 15) is 13.2 Å². The number of ether oxygens (including phenoxy) is 1. The van der Waals surface area contributed by atoms with Gasteiger partial charge in [-0.1, -0.05) is 18.2 Å². The summed E-state index contributed by atoms with van der Waals surface area (Å²) in [5.74, 6) is -0.308. The highest BCUT2D eigenvalue weighted by molar-refractivity contribution is 7.89. The van der Waals surface area contributed by atoms with Gasteiger partial charge in [-0.2, -0.15) is 0 Å². The van der Waals surface area contributed by atoms with Crippen LogP contribution in [-0.2, 0) is 19.6 Å². The number of benzene rings is 1. The Hall–Kier alpha value is -1.40. The van der Waals surface area contributed by atoms with Crippen molar-refractivity contribution in [2.45, 2.75) is 31.6 Å². The van der Waals surface area contributed by atoms with Gasteiger partial charge in [-0.3, -0.25) is 4.79 Å². The van der Waals surface area contributed by atoms with Crippen molar-refractivity contribution in [3.63, 3.8) is 0 Å². The predicted octanol–water partition coefficient (Wildman–Crippen LogP) is 1.62. The van der Waals surface area contributed by atoms with E-state index in [1.165, 1.54) is 0 Å². The van der Waals surface area contributed by atoms with Gasteiger partial charge in [0.25, 0.3) is 0 Å². The SMILES string of the molecule is CCOC(=O)CCCNS(=O)(=O)c1ccccc1C. The molecule has 0 spiro atoms. The second-order valence-corrected chi connectivity index (χ2v) is 5.81. The number of hydrogen-bond acceptors (Lipinski definition) is 4. The predicted molar refractivity (Wildman–Crippen MR) is 72.2 cm³/mol. The molecule has 0 amide bonds. The van der Waals surface area contributed by atoms with E-state index in [4.69, 9.17) is 4.74 Å². The molecule has 1 aromatic carbocycles. The zero-order valence-corrected chi connectivity index (χ0v) is 12.0. The first kappa shape index (κ1) is 15.7. The maximum absolute atomic E-state index is 12.0. The Morgan fingerprint density at radius 1 is 1.32 bits per heavy atom. The Labute approximate surface area is 114 Å². The molecule has 5 nitrogen and oxygen atoms in total. The van der Waals surface area contributed by atoms with E-state index in [1.807, 2.05) is 0 Å². The average Bonchev–Trinajstić information content (AvgIpc) is 2.35. The molecule has 0 saturated carbocycles. The van der Waals surface area contributed by atoms with Gasteiger partial charge in [0, 0.05) is 13.0 Å². The van der Waals surface area contributed by atoms with Crippen LogP contribution in [0.15, 0.2) is 29.2 Å². The van der Waals surface area contributed by atoms with E-state index in [0.29, 0.717) is 18.6 Å². The van der Waals surface area contributed by atoms with Crippen molar-refractivity contribution >= 4 is 16.0 Å². The zero-order valence-electron chi connectivity index (χ0n) is 11.2. The Balaban J connectivity index is 2.49. The molecule has 1 N–H and O–H groups in total. The van der Waals surface area contributed by atoms with Crippen LogP contribution in [0.2, 0.25) is 0 Å². The third-order valence-corrected chi connectivity index (χ3v) is 4.16. The number of sulfonamides is 1. The Bertz CT molecular complexity index is 525. The van der Waals surface area contributed by atoms with Crippen molar-refractivity contribution < 1.29 is 17.9 Å². The quantitative estimate of drug-likeness (QED) is 0.610. The van der Waals surface area contributed by atoms with Crippen molar-refractivity contribution in [1.82, 2.24) is 4.72 Å². The molecular formula is C13H19NO4S. The second-order valence-electron chi connectivity index (χ2n) is 4.07. The molecule has 0 heterocycles. The minimum absolute atomic E-state index is 0.212. The van der Waals surface area contributed by atoms with E-state index in [2.05, 4.69) is 4.72 Å². The van der Waals surface area contributed by atoms with Crippen LogP contribution in [0.1, 0.15) is 25.3 Å². The molecule has 0 bridgehead atoms. The van der Waals surface area contributed by atoms with E-state index < -0.39 is 10.0 Å². The fraction of sp³-hybridized carbons (Fsp3) is 0.462. The normalized spacial score (nSPS) is 11.3. The van der Waals surface area contributed by atoms with Crippen molar-refractivity contribution in [1.29, 1.82) is 0 Å². The number of rotatable bonds is 7. The summed E-state index contributed by atoms with van der Waals surface area (Å²) in [5, 5.41) is 0. The van der Waals surface area contributed by atoms with Gasteiger partial charge in [-0.25, -0.2) is 13.1 Å². The molecule has 0 atom stereocenters. The fourth-order valence-electron chi connectivity index (χ4n) is 1.61. The van der Waals surface area contributed by atoms with Crippen LogP contribution in [0.4, 0.5) is 0 Å². The van der Waals surface area contributed by atoms with Crippen LogP contribution < -0.4 is 4.72 Å². The second kappa shape index (κ2) is 7.25. The fourth-order valence-corrected chi connectivity index (χ4v) is 2.93. The van der Waals surface area contributed by atoms with Gasteiger partial charge >= 0.3 is 5.97 Å². The molecule has 106 valence electrons. The molecular weight excluding hydrogens is 266 g/mol. The molecule has 0 aliphatic rings. The standard InChI is InChI=1S/C13H19NO4S/c1-3-18-13(15)9-6-10-14-19(16,17)12-8-5-4-7-11(12)2/h4-5,7-8,14H,3,6,9-10H2,1-2H3. The molecule has 0 fully saturated rings. The molecule has 6 heteroatoms. The number of hydrogen-bond donors (Lipinski definition) is 1. The molecule has 1 aromatic rings. The van der Waals surface area contributed by atoms with Crippen LogP contribution in [0.25, 0.3) is 0 Å². The largest absolute Gasteiger partial charge is 0.466 e. The lowest BCUT2D eigenvalue weighted by atomic mass is 10.2. The molecule has 0 radical (unpaired) electrons. The minimum atomic E-state index is -3.50. The van der Waals surface area contributed by atoms with E-state index >= 15 is 0 Å². The molecule has 0 aliphatic carbocycles. The number of carbonyl (C=O) groups excluding carboxylic acids is 1. The third kappa shape index (κ3) is 5.00. The van der Waals surface area contributed by atoms with Crippen molar-refractivity contribution in [3.8, 4) is 0 Å². The van der Waals surface area contributed by atoms with Gasteiger partial charge in [0.2, 0.25) is 10.0 Å². The van der Waals surface area contributed by atoms with Gasteiger partial charge in [0.1, 0.15) is 0 Å². The third-order valence-electron chi connectivity index (χ3n) is 2.54. The van der Waals surface area contributed by atoms with Crippen LogP contribution in [0.5, 0.6) is 0 Å². The Kier molecular flexibility index (Phi) is 5.98. The van der Waals surface area contributed by atoms with E-state index in [-0.39, 0.29) is 23.8 Å². The highest BCUT2D eigenvalue weighted by atomic mass is 32.2. The maximum Gasteiger partial charge on any atom is 0.305 e. The zero-order chi connectivity index (χ0) is 14.3. The Morgan fingerprint density at radius 3 is 2.63 bits per heavy atom. The molecule has 0 unspecified atom stereocenters. The summed E-state index contributed by atoms with van der Waals surface area (Å²) in [4.78, 5) is 11.4. The van der Waals surface area contributed by atoms with Crippen LogP contribution >= 0.6 is 0 Å². The summed E-state index contributed by atoms with van der Waals surface area (Å²) in [6, 6.07) is 6.77. The summed E-state index contributed by atoms with van der Waals surface area (Å²) in [6.07, 6.45) is 0.633. The summed E-state index contributed by atoms with van der Waals surface area (Å²) >= 11 is 0. The van der Waals surface area contributed by atoms with Gasteiger partial charge in [-0.15, -0.1) is 0 Å². The van der Waals surface area contributed by atoms with Gasteiger partial charge in [0.05, 0.1) is 11.5 Å². The lowest BCUT2D eigenvalue weighted by molar-refractivity contribution is -0.143. The van der Waals surface area contributed by atoms with Gasteiger partial charge in [-0.05, 0) is 31.9 Å². The molecule has 19 heavy (non-hydrogen) atoms. The molecule has 1 rings (SSSR count). The van der Waals surface area contributed by atoms with Gasteiger partial charge in [0.15, 0.2) is 0 Å². The topological polar surface area (TPSA) is 72.5 Å². The van der Waals surface area contributed by atoms with Crippen molar-refractivity contribution in [3.05, 3.63) is 29.8 Å². The first-order valence-electron chi connectivity index (χ1n) is 6.18. The number of nitrogens with one attached hydrogen (secondary N) is 1. The maximum atomic E-state index is 12.0. The van der Waals surface area contributed by atoms with E-state index in [0.717, 1.165) is 0 Å². The van der Waals surface area contributed by atoms with Crippen molar-refractivity contribution in [2.24, 2.45) is 0 Å². The summed E-state index contributed by atoms with van der Waals surface area (Å²) in [7, 11) is -3.50. The summed E-state index contributed by atoms with van der Waals surface area (Å²) in [5.41, 5.74) is 0.695. The highest BCUT2D eigenvalue weighted by Gasteiger charge is 2.15. The first-order valence-corrected chi connectivity index (χ1v) is 7.66. The van der Waals surface area contributed by atoms with Crippen molar-refractivity contribution in [2.75, 3.05) is 13.2 Å². The molecule has 0 aromatic heterocycles. The van der Waals surface area contributed by atoms with Crippen LogP contribution in [0.3, 0.4) is 0 Å². The average molecular weight is 285 g/mol. The van der Waals surface area contributed by atoms with Gasteiger partial charge < -0.3 is 4.74 Å². The number of esters is 1.